The van der Waals surface area contributed by atoms with Crippen LogP contribution in [0.25, 0.3) is 0 Å². The van der Waals surface area contributed by atoms with Gasteiger partial charge in [0, 0.05) is 58.0 Å². The highest BCUT2D eigenvalue weighted by Gasteiger charge is 2.27. The molecule has 1 atom stereocenters. The summed E-state index contributed by atoms with van der Waals surface area (Å²) in [6, 6.07) is -0.750. The minimum atomic E-state index is -0.750. The van der Waals surface area contributed by atoms with Crippen LogP contribution in [0.15, 0.2) is 117 Å². The maximum absolute atomic E-state index is 13.5. The van der Waals surface area contributed by atoms with Crippen molar-refractivity contribution in [3.63, 3.8) is 0 Å². The standard InChI is InChI=1S/C62H98N4O8/c1-12-38-71-41-32-57(67)63-36-19-39-72-42-44-74-45-43-73-40-20-37-65-60(70)56(66-59(69)47-51(5)24-16-22-49(3)29-31-55-53(7)26-18-34-62(55,10)11)27-13-14-35-64-58(68)46-50(4)23-15-21-48(2)28-30-54-52(6)25-17-33-61(54,8)9/h15-16,21-24,28-31,46-47,56H,12-14,17-20,25-27,32-45H2,1-11H3,(H,63,67)(H,64,68)(H,65,70)(H,66,69)/b23-15+,24-16+,30-28+,31-29+,48-21+,49-22+,50-46+,51-47+/t56-/m0/s1. The average molecular weight is 1030 g/mol. The lowest BCUT2D eigenvalue weighted by Gasteiger charge is -2.33. The van der Waals surface area contributed by atoms with E-state index in [-0.39, 0.29) is 34.5 Å². The molecule has 4 amide bonds. The Balaban J connectivity index is 1.85. The molecule has 0 aliphatic heterocycles. The van der Waals surface area contributed by atoms with Crippen molar-refractivity contribution in [3.05, 3.63) is 117 Å². The summed E-state index contributed by atoms with van der Waals surface area (Å²) in [6.07, 6.45) is 35.2. The molecule has 0 unspecified atom stereocenters. The molecule has 2 aliphatic carbocycles. The van der Waals surface area contributed by atoms with E-state index < -0.39 is 6.04 Å². The van der Waals surface area contributed by atoms with Gasteiger partial charge < -0.3 is 40.2 Å². The summed E-state index contributed by atoms with van der Waals surface area (Å²) in [5.74, 6) is -0.801. The zero-order valence-corrected chi connectivity index (χ0v) is 47.7. The van der Waals surface area contributed by atoms with Crippen LogP contribution in [0.1, 0.15) is 160 Å². The third-order valence-corrected chi connectivity index (χ3v) is 13.2. The Kier molecular flexibility index (Phi) is 33.3. The maximum atomic E-state index is 13.5. The Hall–Kier alpha value is -4.88. The quantitative estimate of drug-likeness (QED) is 0.0275. The largest absolute Gasteiger partial charge is 0.381 e. The van der Waals surface area contributed by atoms with Crippen LogP contribution in [0.3, 0.4) is 0 Å². The van der Waals surface area contributed by atoms with Crippen molar-refractivity contribution in [1.29, 1.82) is 0 Å². The molecular weight excluding hydrogens is 929 g/mol. The van der Waals surface area contributed by atoms with Crippen molar-refractivity contribution >= 4 is 23.6 Å². The van der Waals surface area contributed by atoms with Crippen molar-refractivity contribution < 1.29 is 38.1 Å². The van der Waals surface area contributed by atoms with E-state index in [2.05, 4.69) is 107 Å². The number of carbonyl (C=O) groups is 4. The van der Waals surface area contributed by atoms with Gasteiger partial charge in [-0.3, -0.25) is 19.2 Å². The summed E-state index contributed by atoms with van der Waals surface area (Å²) in [7, 11) is 0. The summed E-state index contributed by atoms with van der Waals surface area (Å²) in [6.45, 7) is 28.9. The second-order valence-corrected chi connectivity index (χ2v) is 21.2. The van der Waals surface area contributed by atoms with Gasteiger partial charge in [-0.25, -0.2) is 0 Å². The van der Waals surface area contributed by atoms with E-state index in [9.17, 15) is 19.2 Å². The molecule has 0 heterocycles. The van der Waals surface area contributed by atoms with Gasteiger partial charge in [0.05, 0.1) is 33.0 Å². The van der Waals surface area contributed by atoms with Gasteiger partial charge in [-0.2, -0.15) is 0 Å². The number of allylic oxidation sites excluding steroid dienone is 18. The Morgan fingerprint density at radius 3 is 1.54 bits per heavy atom. The lowest BCUT2D eigenvalue weighted by molar-refractivity contribution is -0.127. The van der Waals surface area contributed by atoms with Crippen molar-refractivity contribution in [2.75, 3.05) is 72.5 Å². The highest BCUT2D eigenvalue weighted by molar-refractivity contribution is 5.93. The summed E-state index contributed by atoms with van der Waals surface area (Å²) in [4.78, 5) is 51.3. The summed E-state index contributed by atoms with van der Waals surface area (Å²) >= 11 is 0. The Morgan fingerprint density at radius 2 is 1.03 bits per heavy atom. The molecule has 0 fully saturated rings. The molecule has 0 spiro atoms. The predicted molar refractivity (Wildman–Crippen MR) is 304 cm³/mol. The lowest BCUT2D eigenvalue weighted by atomic mass is 9.72. The van der Waals surface area contributed by atoms with Crippen molar-refractivity contribution in [3.8, 4) is 0 Å². The van der Waals surface area contributed by atoms with Crippen LogP contribution in [0.5, 0.6) is 0 Å². The summed E-state index contributed by atoms with van der Waals surface area (Å²) in [5, 5.41) is 11.7. The number of ether oxygens (including phenoxy) is 4. The SMILES string of the molecule is CCCOCCC(=O)NCCCOCCOCCOCCCNC(=O)[C@H](CCCCNC(=O)/C=C(C)/C=C/C=C(C)/C=C/C1=C(C)CCCC1(C)C)NC(=O)/C=C(C)/C=C/C=C(C)/C=C/C1=C(C)CCCC1(C)C. The average Bonchev–Trinajstić information content (AvgIpc) is 3.32. The first-order chi connectivity index (χ1) is 35.3. The Labute approximate surface area is 447 Å². The van der Waals surface area contributed by atoms with Crippen LogP contribution in [-0.4, -0.2) is 102 Å². The predicted octanol–water partition coefficient (Wildman–Crippen LogP) is 11.7. The fraction of sp³-hybridized carbons (Fsp3) is 0.613. The maximum Gasteiger partial charge on any atom is 0.244 e. The number of amides is 4. The van der Waals surface area contributed by atoms with Crippen molar-refractivity contribution in [1.82, 2.24) is 21.3 Å². The molecule has 2 rings (SSSR count). The highest BCUT2D eigenvalue weighted by Crippen LogP contribution is 2.42. The molecule has 0 saturated heterocycles. The van der Waals surface area contributed by atoms with Gasteiger partial charge in [0.1, 0.15) is 6.04 Å². The van der Waals surface area contributed by atoms with Crippen molar-refractivity contribution in [2.24, 2.45) is 10.8 Å². The first-order valence-electron chi connectivity index (χ1n) is 27.6. The highest BCUT2D eigenvalue weighted by atomic mass is 16.5. The van der Waals surface area contributed by atoms with Crippen LogP contribution < -0.4 is 21.3 Å². The molecule has 0 aromatic heterocycles. The fourth-order valence-corrected chi connectivity index (χ4v) is 8.95. The smallest absolute Gasteiger partial charge is 0.244 e. The minimum Gasteiger partial charge on any atom is -0.381 e. The van der Waals surface area contributed by atoms with Crippen LogP contribution in [-0.2, 0) is 38.1 Å². The zero-order valence-electron chi connectivity index (χ0n) is 47.7. The van der Waals surface area contributed by atoms with E-state index in [1.807, 2.05) is 51.2 Å². The van der Waals surface area contributed by atoms with Gasteiger partial charge in [-0.15, -0.1) is 0 Å². The van der Waals surface area contributed by atoms with Gasteiger partial charge in [-0.1, -0.05) is 118 Å². The molecule has 4 N–H and O–H groups in total. The number of nitrogens with one attached hydrogen (secondary N) is 4. The molecule has 414 valence electrons. The topological polar surface area (TPSA) is 153 Å². The van der Waals surface area contributed by atoms with E-state index in [0.717, 1.165) is 48.0 Å². The second kappa shape index (κ2) is 37.8. The van der Waals surface area contributed by atoms with E-state index in [0.29, 0.717) is 105 Å². The third-order valence-electron chi connectivity index (χ3n) is 13.2. The summed E-state index contributed by atoms with van der Waals surface area (Å²) in [5.41, 5.74) is 10.0. The Bertz CT molecular complexity index is 2060. The second-order valence-electron chi connectivity index (χ2n) is 21.2. The molecule has 0 aromatic carbocycles. The van der Waals surface area contributed by atoms with Crippen LogP contribution in [0, 0.1) is 10.8 Å². The van der Waals surface area contributed by atoms with Gasteiger partial charge in [0.25, 0.3) is 0 Å². The fourth-order valence-electron chi connectivity index (χ4n) is 8.95. The van der Waals surface area contributed by atoms with E-state index in [1.54, 1.807) is 6.08 Å². The number of unbranched alkanes of at least 4 members (excludes halogenated alkanes) is 1. The van der Waals surface area contributed by atoms with E-state index >= 15 is 0 Å². The number of hydrogen-bond donors (Lipinski definition) is 4. The van der Waals surface area contributed by atoms with Gasteiger partial charge in [-0.05, 0) is 152 Å². The van der Waals surface area contributed by atoms with Crippen molar-refractivity contribution in [2.45, 2.75) is 166 Å². The number of rotatable bonds is 36. The molecule has 0 aromatic rings. The molecule has 74 heavy (non-hydrogen) atoms. The minimum absolute atomic E-state index is 0.0134. The molecule has 12 nitrogen and oxygen atoms in total. The van der Waals surface area contributed by atoms with Crippen LogP contribution in [0.2, 0.25) is 0 Å². The zero-order chi connectivity index (χ0) is 54.6. The third kappa shape index (κ3) is 29.9. The van der Waals surface area contributed by atoms with Gasteiger partial charge in [0.2, 0.25) is 23.6 Å². The van der Waals surface area contributed by atoms with Gasteiger partial charge in [0.15, 0.2) is 0 Å². The lowest BCUT2D eigenvalue weighted by Crippen LogP contribution is -2.46. The first kappa shape index (κ1) is 65.2. The normalized spacial score (nSPS) is 17.3. The monoisotopic (exact) mass is 1030 g/mol. The van der Waals surface area contributed by atoms with E-state index in [1.165, 1.54) is 54.1 Å². The molecule has 12 heteroatoms. The van der Waals surface area contributed by atoms with Crippen LogP contribution in [0.4, 0.5) is 0 Å². The Morgan fingerprint density at radius 1 is 0.554 bits per heavy atom. The molecular formula is C62H98N4O8. The molecule has 0 bridgehead atoms. The molecule has 0 radical (unpaired) electrons. The van der Waals surface area contributed by atoms with Crippen LogP contribution >= 0.6 is 0 Å². The number of hydrogen-bond acceptors (Lipinski definition) is 8. The number of carbonyl (C=O) groups excluding carboxylic acids is 4. The molecule has 2 aliphatic rings. The summed E-state index contributed by atoms with van der Waals surface area (Å²) < 4.78 is 22.2. The molecule has 0 saturated carbocycles. The first-order valence-corrected chi connectivity index (χ1v) is 27.6. The van der Waals surface area contributed by atoms with Gasteiger partial charge >= 0.3 is 0 Å². The van der Waals surface area contributed by atoms with E-state index in [4.69, 9.17) is 18.9 Å².